The van der Waals surface area contributed by atoms with Crippen molar-refractivity contribution in [2.75, 3.05) is 0 Å². The number of benzene rings is 1. The molecule has 2 rings (SSSR count). The highest BCUT2D eigenvalue weighted by atomic mass is 16.3. The second kappa shape index (κ2) is 4.47. The maximum Gasteiger partial charge on any atom is 0.277 e. The Morgan fingerprint density at radius 1 is 1.35 bits per heavy atom. The van der Waals surface area contributed by atoms with Crippen LogP contribution in [0.25, 0.3) is 5.69 Å². The van der Waals surface area contributed by atoms with Crippen molar-refractivity contribution in [3.63, 3.8) is 0 Å². The van der Waals surface area contributed by atoms with Gasteiger partial charge in [-0.1, -0.05) is 19.1 Å². The van der Waals surface area contributed by atoms with Crippen molar-refractivity contribution in [3.8, 4) is 11.4 Å². The number of hydrogen-bond acceptors (Lipinski definition) is 3. The first kappa shape index (κ1) is 11.5. The third-order valence-electron chi connectivity index (χ3n) is 2.71. The van der Waals surface area contributed by atoms with Gasteiger partial charge in [-0.25, -0.2) is 4.68 Å². The summed E-state index contributed by atoms with van der Waals surface area (Å²) in [6, 6.07) is 6.55. The van der Waals surface area contributed by atoms with Crippen LogP contribution in [0.4, 0.5) is 0 Å². The third kappa shape index (κ3) is 1.85. The number of phenolic OH excluding ortho intramolecular Hbond substituents is 1. The Morgan fingerprint density at radius 2 is 2.06 bits per heavy atom. The van der Waals surface area contributed by atoms with Crippen molar-refractivity contribution >= 4 is 0 Å². The normalized spacial score (nSPS) is 10.7. The topological polar surface area (TPSA) is 78.2 Å². The maximum atomic E-state index is 12.0. The maximum absolute atomic E-state index is 12.0. The van der Waals surface area contributed by atoms with Crippen LogP contribution in [0, 0.1) is 0 Å². The van der Waals surface area contributed by atoms with Crippen molar-refractivity contribution in [2.45, 2.75) is 20.0 Å². The van der Waals surface area contributed by atoms with Gasteiger partial charge in [-0.15, -0.1) is 0 Å². The molecule has 0 atom stereocenters. The number of aliphatic hydroxyl groups is 1. The quantitative estimate of drug-likeness (QED) is 0.739. The van der Waals surface area contributed by atoms with E-state index in [9.17, 15) is 9.90 Å². The lowest BCUT2D eigenvalue weighted by Gasteiger charge is -2.03. The van der Waals surface area contributed by atoms with Crippen molar-refractivity contribution in [1.29, 1.82) is 0 Å². The summed E-state index contributed by atoms with van der Waals surface area (Å²) in [6.07, 6.45) is 0.617. The number of H-pyrrole nitrogens is 1. The highest BCUT2D eigenvalue weighted by Gasteiger charge is 2.14. The van der Waals surface area contributed by atoms with E-state index in [2.05, 4.69) is 5.10 Å². The molecule has 2 aromatic rings. The molecule has 0 unspecified atom stereocenters. The van der Waals surface area contributed by atoms with Crippen LogP contribution in [0.1, 0.15) is 18.2 Å². The number of aromatic nitrogens is 2. The fourth-order valence-electron chi connectivity index (χ4n) is 1.80. The molecule has 3 N–H and O–H groups in total. The molecule has 1 heterocycles. The number of aryl methyl sites for hydroxylation is 1. The van der Waals surface area contributed by atoms with Gasteiger partial charge in [0.05, 0.1) is 12.2 Å². The van der Waals surface area contributed by atoms with E-state index in [0.717, 1.165) is 0 Å². The van der Waals surface area contributed by atoms with Gasteiger partial charge in [-0.2, -0.15) is 0 Å². The summed E-state index contributed by atoms with van der Waals surface area (Å²) in [5.41, 5.74) is 1.08. The largest absolute Gasteiger partial charge is 0.506 e. The molecule has 0 aliphatic carbocycles. The van der Waals surface area contributed by atoms with Gasteiger partial charge in [-0.3, -0.25) is 9.89 Å². The smallest absolute Gasteiger partial charge is 0.277 e. The molecule has 0 spiro atoms. The average Bonchev–Trinajstić information content (AvgIpc) is 2.66. The molecule has 0 aliphatic rings. The molecule has 0 radical (unpaired) electrons. The van der Waals surface area contributed by atoms with Crippen LogP contribution in [-0.2, 0) is 13.0 Å². The molecule has 90 valence electrons. The molecule has 0 fully saturated rings. The lowest BCUT2D eigenvalue weighted by molar-refractivity contribution is 0.279. The second-order valence-electron chi connectivity index (χ2n) is 3.71. The van der Waals surface area contributed by atoms with E-state index in [1.165, 1.54) is 10.7 Å². The van der Waals surface area contributed by atoms with Crippen molar-refractivity contribution in [2.24, 2.45) is 0 Å². The van der Waals surface area contributed by atoms with Gasteiger partial charge in [0, 0.05) is 5.69 Å². The summed E-state index contributed by atoms with van der Waals surface area (Å²) in [7, 11) is 0. The standard InChI is InChI=1S/C12H14N2O3/c1-2-9-8(7-15)12(17)14(13-9)10-5-3-4-6-11(10)16/h3-6,13,15-16H,2,7H2,1H3. The number of phenols is 1. The highest BCUT2D eigenvalue weighted by molar-refractivity contribution is 5.45. The van der Waals surface area contributed by atoms with E-state index < -0.39 is 0 Å². The molecule has 1 aromatic carbocycles. The van der Waals surface area contributed by atoms with E-state index in [1.807, 2.05) is 6.92 Å². The Morgan fingerprint density at radius 3 is 2.59 bits per heavy atom. The van der Waals surface area contributed by atoms with Crippen LogP contribution in [-0.4, -0.2) is 20.0 Å². The Kier molecular flexibility index (Phi) is 3.01. The summed E-state index contributed by atoms with van der Waals surface area (Å²) in [4.78, 5) is 12.0. The number of para-hydroxylation sites is 2. The molecule has 0 saturated heterocycles. The van der Waals surface area contributed by atoms with E-state index in [4.69, 9.17) is 5.11 Å². The van der Waals surface area contributed by atoms with Crippen LogP contribution in [0.5, 0.6) is 5.75 Å². The van der Waals surface area contributed by atoms with Crippen LogP contribution in [0.15, 0.2) is 29.1 Å². The number of hydrogen-bond donors (Lipinski definition) is 3. The summed E-state index contributed by atoms with van der Waals surface area (Å²) < 4.78 is 1.25. The van der Waals surface area contributed by atoms with Crippen molar-refractivity contribution in [3.05, 3.63) is 45.9 Å². The van der Waals surface area contributed by atoms with E-state index in [0.29, 0.717) is 23.4 Å². The molecule has 0 aliphatic heterocycles. The van der Waals surface area contributed by atoms with Crippen molar-refractivity contribution in [1.82, 2.24) is 9.78 Å². The SMILES string of the molecule is CCc1[nH]n(-c2ccccc2O)c(=O)c1CO. The number of nitrogens with one attached hydrogen (secondary N) is 1. The molecule has 0 bridgehead atoms. The van der Waals surface area contributed by atoms with Gasteiger partial charge in [0.15, 0.2) is 0 Å². The summed E-state index contributed by atoms with van der Waals surface area (Å²) in [5, 5.41) is 21.7. The lowest BCUT2D eigenvalue weighted by atomic mass is 10.2. The summed E-state index contributed by atoms with van der Waals surface area (Å²) in [5.74, 6) is 0.0167. The number of aromatic hydroxyl groups is 1. The average molecular weight is 234 g/mol. The van der Waals surface area contributed by atoms with Gasteiger partial charge in [0.25, 0.3) is 5.56 Å². The zero-order valence-electron chi connectivity index (χ0n) is 9.47. The van der Waals surface area contributed by atoms with Gasteiger partial charge in [0.1, 0.15) is 11.4 Å². The molecule has 17 heavy (non-hydrogen) atoms. The summed E-state index contributed by atoms with van der Waals surface area (Å²) >= 11 is 0. The van der Waals surface area contributed by atoms with Crippen molar-refractivity contribution < 1.29 is 10.2 Å². The minimum atomic E-state index is -0.328. The minimum absolute atomic E-state index is 0.0167. The minimum Gasteiger partial charge on any atom is -0.506 e. The first-order valence-electron chi connectivity index (χ1n) is 5.41. The Bertz CT molecular complexity index is 584. The summed E-state index contributed by atoms with van der Waals surface area (Å²) in [6.45, 7) is 1.58. The monoisotopic (exact) mass is 234 g/mol. The Labute approximate surface area is 97.9 Å². The van der Waals surface area contributed by atoms with Crippen LogP contribution >= 0.6 is 0 Å². The van der Waals surface area contributed by atoms with E-state index in [-0.39, 0.29) is 17.9 Å². The molecular weight excluding hydrogens is 220 g/mol. The number of rotatable bonds is 3. The molecule has 1 aromatic heterocycles. The number of aliphatic hydroxyl groups excluding tert-OH is 1. The fraction of sp³-hybridized carbons (Fsp3) is 0.250. The molecule has 5 nitrogen and oxygen atoms in total. The first-order chi connectivity index (χ1) is 8.19. The number of nitrogens with zero attached hydrogens (tertiary/aromatic N) is 1. The zero-order valence-corrected chi connectivity index (χ0v) is 9.47. The highest BCUT2D eigenvalue weighted by Crippen LogP contribution is 2.19. The molecule has 5 heteroatoms. The van der Waals surface area contributed by atoms with Crippen LogP contribution < -0.4 is 5.56 Å². The first-order valence-corrected chi connectivity index (χ1v) is 5.41. The second-order valence-corrected chi connectivity index (χ2v) is 3.71. The van der Waals surface area contributed by atoms with Gasteiger partial charge in [-0.05, 0) is 18.6 Å². The Hall–Kier alpha value is -2.01. The number of aromatic amines is 1. The fourth-order valence-corrected chi connectivity index (χ4v) is 1.80. The lowest BCUT2D eigenvalue weighted by Crippen LogP contribution is -2.17. The molecular formula is C12H14N2O3. The molecule has 0 saturated carbocycles. The van der Waals surface area contributed by atoms with E-state index in [1.54, 1.807) is 18.2 Å². The zero-order chi connectivity index (χ0) is 12.4. The molecule has 0 amide bonds. The van der Waals surface area contributed by atoms with E-state index >= 15 is 0 Å². The van der Waals surface area contributed by atoms with Crippen LogP contribution in [0.2, 0.25) is 0 Å². The van der Waals surface area contributed by atoms with Gasteiger partial charge < -0.3 is 10.2 Å². The van der Waals surface area contributed by atoms with Gasteiger partial charge >= 0.3 is 0 Å². The Balaban J connectivity index is 2.65. The van der Waals surface area contributed by atoms with Crippen LogP contribution in [0.3, 0.4) is 0 Å². The van der Waals surface area contributed by atoms with Gasteiger partial charge in [0.2, 0.25) is 0 Å². The predicted octanol–water partition coefficient (Wildman–Crippen LogP) is 0.926. The predicted molar refractivity (Wildman–Crippen MR) is 63.4 cm³/mol. The third-order valence-corrected chi connectivity index (χ3v) is 2.71.